The number of aromatic amines is 2. The van der Waals surface area contributed by atoms with Crippen molar-refractivity contribution in [3.05, 3.63) is 71.0 Å². The Balaban J connectivity index is 1.19. The summed E-state index contributed by atoms with van der Waals surface area (Å²) in [5.41, 5.74) is 3.34. The van der Waals surface area contributed by atoms with Gasteiger partial charge < -0.3 is 9.97 Å². The van der Waals surface area contributed by atoms with Crippen molar-refractivity contribution in [2.75, 3.05) is 26.2 Å². The van der Waals surface area contributed by atoms with E-state index in [4.69, 9.17) is 11.6 Å². The lowest BCUT2D eigenvalue weighted by Gasteiger charge is -2.34. The predicted octanol–water partition coefficient (Wildman–Crippen LogP) is 3.92. The summed E-state index contributed by atoms with van der Waals surface area (Å²) in [6.45, 7) is 6.02. The van der Waals surface area contributed by atoms with Gasteiger partial charge >= 0.3 is 0 Å². The highest BCUT2D eigenvalue weighted by molar-refractivity contribution is 6.31. The SMILES string of the molecule is Clc1ccc2[nH]c(-c3nnc(CN4CCN(Cc5ccccc5)CC4)[nH]3)cc2c1. The number of nitrogens with zero attached hydrogens (tertiary/aromatic N) is 4. The average molecular weight is 407 g/mol. The van der Waals surface area contributed by atoms with E-state index in [2.05, 4.69) is 60.3 Å². The Morgan fingerprint density at radius 1 is 0.828 bits per heavy atom. The molecular weight excluding hydrogens is 384 g/mol. The van der Waals surface area contributed by atoms with Crippen LogP contribution in [0.1, 0.15) is 11.4 Å². The highest BCUT2D eigenvalue weighted by atomic mass is 35.5. The largest absolute Gasteiger partial charge is 0.352 e. The number of nitrogens with one attached hydrogen (secondary N) is 2. The topological polar surface area (TPSA) is 63.8 Å². The van der Waals surface area contributed by atoms with Crippen molar-refractivity contribution < 1.29 is 0 Å². The van der Waals surface area contributed by atoms with E-state index in [0.29, 0.717) is 0 Å². The van der Waals surface area contributed by atoms with Crippen LogP contribution in [-0.2, 0) is 13.1 Å². The molecule has 1 saturated heterocycles. The highest BCUT2D eigenvalue weighted by Gasteiger charge is 2.19. The monoisotopic (exact) mass is 406 g/mol. The molecule has 6 nitrogen and oxygen atoms in total. The van der Waals surface area contributed by atoms with Crippen LogP contribution in [0.4, 0.5) is 0 Å². The van der Waals surface area contributed by atoms with Crippen molar-refractivity contribution in [1.29, 1.82) is 0 Å². The lowest BCUT2D eigenvalue weighted by molar-refractivity contribution is 0.120. The molecule has 148 valence electrons. The Bertz CT molecular complexity index is 1090. The summed E-state index contributed by atoms with van der Waals surface area (Å²) in [6, 6.07) is 18.5. The van der Waals surface area contributed by atoms with E-state index in [9.17, 15) is 0 Å². The molecule has 0 unspecified atom stereocenters. The second kappa shape index (κ2) is 7.99. The number of rotatable bonds is 5. The first-order chi connectivity index (χ1) is 14.2. The molecular formula is C22H23ClN6. The van der Waals surface area contributed by atoms with Crippen LogP contribution < -0.4 is 0 Å². The second-order valence-electron chi connectivity index (χ2n) is 7.57. The minimum absolute atomic E-state index is 0.729. The van der Waals surface area contributed by atoms with E-state index in [-0.39, 0.29) is 0 Å². The average Bonchev–Trinajstić information content (AvgIpc) is 3.37. The molecule has 1 aliphatic heterocycles. The zero-order valence-corrected chi connectivity index (χ0v) is 16.9. The Morgan fingerprint density at radius 2 is 1.59 bits per heavy atom. The standard InChI is InChI=1S/C22H23ClN6/c23-18-6-7-19-17(12-18)13-20(24-19)22-25-21(26-27-22)15-29-10-8-28(9-11-29)14-16-4-2-1-3-5-16/h1-7,12-13,24H,8-11,14-15H2,(H,25,26,27). The zero-order chi connectivity index (χ0) is 19.6. The molecule has 1 aliphatic rings. The van der Waals surface area contributed by atoms with E-state index >= 15 is 0 Å². The summed E-state index contributed by atoms with van der Waals surface area (Å²) < 4.78 is 0. The van der Waals surface area contributed by atoms with E-state index in [1.54, 1.807) is 0 Å². The van der Waals surface area contributed by atoms with Gasteiger partial charge in [-0.1, -0.05) is 41.9 Å². The molecule has 0 spiro atoms. The van der Waals surface area contributed by atoms with Crippen LogP contribution in [0.15, 0.2) is 54.6 Å². The van der Waals surface area contributed by atoms with E-state index < -0.39 is 0 Å². The molecule has 7 heteroatoms. The summed E-state index contributed by atoms with van der Waals surface area (Å²) in [5.74, 6) is 1.66. The number of aromatic nitrogens is 4. The van der Waals surface area contributed by atoms with Crippen molar-refractivity contribution in [3.8, 4) is 11.5 Å². The molecule has 29 heavy (non-hydrogen) atoms. The molecule has 5 rings (SSSR count). The van der Waals surface area contributed by atoms with Crippen LogP contribution in [0.5, 0.6) is 0 Å². The Hall–Kier alpha value is -2.67. The number of halogens is 1. The molecule has 3 heterocycles. The van der Waals surface area contributed by atoms with E-state index in [0.717, 1.165) is 72.5 Å². The van der Waals surface area contributed by atoms with Crippen molar-refractivity contribution in [3.63, 3.8) is 0 Å². The molecule has 4 aromatic rings. The number of piperazine rings is 1. The minimum Gasteiger partial charge on any atom is -0.352 e. The first kappa shape index (κ1) is 18.4. The summed E-state index contributed by atoms with van der Waals surface area (Å²) in [5, 5.41) is 10.5. The summed E-state index contributed by atoms with van der Waals surface area (Å²) in [4.78, 5) is 11.7. The van der Waals surface area contributed by atoms with Gasteiger partial charge in [0, 0.05) is 48.6 Å². The molecule has 2 N–H and O–H groups in total. The third-order valence-electron chi connectivity index (χ3n) is 5.46. The van der Waals surface area contributed by atoms with Gasteiger partial charge in [-0.3, -0.25) is 9.80 Å². The van der Waals surface area contributed by atoms with Gasteiger partial charge in [-0.05, 0) is 29.8 Å². The van der Waals surface area contributed by atoms with Crippen molar-refractivity contribution in [1.82, 2.24) is 30.0 Å². The van der Waals surface area contributed by atoms with Gasteiger partial charge in [0.05, 0.1) is 12.2 Å². The molecule has 0 bridgehead atoms. The maximum absolute atomic E-state index is 6.08. The van der Waals surface area contributed by atoms with Crippen LogP contribution >= 0.6 is 11.6 Å². The summed E-state index contributed by atoms with van der Waals surface area (Å²) >= 11 is 6.08. The third-order valence-corrected chi connectivity index (χ3v) is 5.69. The van der Waals surface area contributed by atoms with Crippen LogP contribution in [0.25, 0.3) is 22.4 Å². The molecule has 1 fully saturated rings. The van der Waals surface area contributed by atoms with Crippen LogP contribution in [0, 0.1) is 0 Å². The van der Waals surface area contributed by atoms with Gasteiger partial charge in [-0.15, -0.1) is 10.2 Å². The van der Waals surface area contributed by atoms with Crippen LogP contribution in [0.3, 0.4) is 0 Å². The normalized spacial score (nSPS) is 15.9. The fourth-order valence-corrected chi connectivity index (χ4v) is 4.06. The molecule has 0 atom stereocenters. The number of hydrogen-bond acceptors (Lipinski definition) is 4. The van der Waals surface area contributed by atoms with Gasteiger partial charge in [0.1, 0.15) is 5.82 Å². The lowest BCUT2D eigenvalue weighted by Crippen LogP contribution is -2.45. The minimum atomic E-state index is 0.729. The smallest absolute Gasteiger partial charge is 0.177 e. The quantitative estimate of drug-likeness (QED) is 0.527. The first-order valence-electron chi connectivity index (χ1n) is 9.92. The zero-order valence-electron chi connectivity index (χ0n) is 16.1. The fourth-order valence-electron chi connectivity index (χ4n) is 3.88. The van der Waals surface area contributed by atoms with Gasteiger partial charge in [0.2, 0.25) is 0 Å². The van der Waals surface area contributed by atoms with Crippen LogP contribution in [-0.4, -0.2) is 56.1 Å². The maximum Gasteiger partial charge on any atom is 0.177 e. The highest BCUT2D eigenvalue weighted by Crippen LogP contribution is 2.24. The second-order valence-corrected chi connectivity index (χ2v) is 8.01. The van der Waals surface area contributed by atoms with Crippen molar-refractivity contribution in [2.24, 2.45) is 0 Å². The van der Waals surface area contributed by atoms with Gasteiger partial charge in [-0.25, -0.2) is 0 Å². The lowest BCUT2D eigenvalue weighted by atomic mass is 10.2. The number of benzene rings is 2. The number of fused-ring (bicyclic) bond motifs is 1. The summed E-state index contributed by atoms with van der Waals surface area (Å²) in [6.07, 6.45) is 0. The summed E-state index contributed by atoms with van der Waals surface area (Å²) in [7, 11) is 0. The molecule has 0 saturated carbocycles. The fraction of sp³-hybridized carbons (Fsp3) is 0.273. The van der Waals surface area contributed by atoms with Gasteiger partial charge in [0.25, 0.3) is 0 Å². The van der Waals surface area contributed by atoms with Gasteiger partial charge in [0.15, 0.2) is 5.82 Å². The molecule has 0 amide bonds. The van der Waals surface area contributed by atoms with Crippen LogP contribution in [0.2, 0.25) is 5.02 Å². The maximum atomic E-state index is 6.08. The van der Waals surface area contributed by atoms with E-state index in [1.165, 1.54) is 5.56 Å². The predicted molar refractivity (Wildman–Crippen MR) is 116 cm³/mol. The van der Waals surface area contributed by atoms with Gasteiger partial charge in [-0.2, -0.15) is 0 Å². The molecule has 0 radical (unpaired) electrons. The van der Waals surface area contributed by atoms with Crippen molar-refractivity contribution in [2.45, 2.75) is 13.1 Å². The number of H-pyrrole nitrogens is 2. The molecule has 2 aromatic heterocycles. The van der Waals surface area contributed by atoms with Crippen molar-refractivity contribution >= 4 is 22.5 Å². The Labute approximate surface area is 174 Å². The Kier molecular flexibility index (Phi) is 5.06. The van der Waals surface area contributed by atoms with E-state index in [1.807, 2.05) is 24.3 Å². The first-order valence-corrected chi connectivity index (χ1v) is 10.3. The Morgan fingerprint density at radius 3 is 2.38 bits per heavy atom. The molecule has 0 aliphatic carbocycles. The molecule has 2 aromatic carbocycles. The number of hydrogen-bond donors (Lipinski definition) is 2. The third kappa shape index (κ3) is 4.19.